The zero-order valence-corrected chi connectivity index (χ0v) is 10.8. The van der Waals surface area contributed by atoms with Crippen molar-refractivity contribution in [2.24, 2.45) is 5.92 Å². The molecule has 2 nitrogen and oxygen atoms in total. The first-order valence-electron chi connectivity index (χ1n) is 6.86. The molecule has 1 aromatic carbocycles. The summed E-state index contributed by atoms with van der Waals surface area (Å²) in [6.07, 6.45) is 8.43. The minimum absolute atomic E-state index is 0.867. The normalized spacial score (nSPS) is 16.3. The second-order valence-electron chi connectivity index (χ2n) is 5.31. The molecule has 0 amide bonds. The van der Waals surface area contributed by atoms with Crippen LogP contribution in [0, 0.1) is 12.8 Å². The maximum absolute atomic E-state index is 5.96. The lowest BCUT2D eigenvalue weighted by Gasteiger charge is -2.12. The summed E-state index contributed by atoms with van der Waals surface area (Å²) < 4.78 is 0. The molecule has 3 N–H and O–H groups in total. The van der Waals surface area contributed by atoms with Crippen molar-refractivity contribution in [3.05, 3.63) is 23.8 Å². The predicted octanol–water partition coefficient (Wildman–Crippen LogP) is 3.96. The van der Waals surface area contributed by atoms with Gasteiger partial charge in [-0.1, -0.05) is 31.7 Å². The van der Waals surface area contributed by atoms with Gasteiger partial charge in [-0.2, -0.15) is 0 Å². The Bertz CT molecular complexity index is 354. The standard InChI is InChI=1S/C15H24N2/c1-12-8-9-15(14(16)11-12)17-10-4-7-13-5-2-3-6-13/h8-9,11,13,17H,2-7,10,16H2,1H3. The summed E-state index contributed by atoms with van der Waals surface area (Å²) in [6, 6.07) is 6.22. The number of anilines is 2. The highest BCUT2D eigenvalue weighted by atomic mass is 14.9. The van der Waals surface area contributed by atoms with Crippen LogP contribution in [0.3, 0.4) is 0 Å². The molecule has 0 spiro atoms. The fraction of sp³-hybridized carbons (Fsp3) is 0.600. The van der Waals surface area contributed by atoms with Crippen molar-refractivity contribution in [1.29, 1.82) is 0 Å². The number of nitrogen functional groups attached to an aromatic ring is 1. The molecule has 0 bridgehead atoms. The lowest BCUT2D eigenvalue weighted by Crippen LogP contribution is -2.06. The van der Waals surface area contributed by atoms with Gasteiger partial charge in [0, 0.05) is 6.54 Å². The second kappa shape index (κ2) is 5.95. The lowest BCUT2D eigenvalue weighted by molar-refractivity contribution is 0.491. The molecule has 1 fully saturated rings. The lowest BCUT2D eigenvalue weighted by atomic mass is 10.0. The smallest absolute Gasteiger partial charge is 0.0574 e. The van der Waals surface area contributed by atoms with E-state index in [0.717, 1.165) is 23.8 Å². The van der Waals surface area contributed by atoms with E-state index in [2.05, 4.69) is 24.4 Å². The monoisotopic (exact) mass is 232 g/mol. The van der Waals surface area contributed by atoms with E-state index >= 15 is 0 Å². The highest BCUT2D eigenvalue weighted by molar-refractivity contribution is 5.66. The number of hydrogen-bond acceptors (Lipinski definition) is 2. The second-order valence-corrected chi connectivity index (χ2v) is 5.31. The van der Waals surface area contributed by atoms with Crippen LogP contribution in [0.25, 0.3) is 0 Å². The predicted molar refractivity (Wildman–Crippen MR) is 75.3 cm³/mol. The van der Waals surface area contributed by atoms with Gasteiger partial charge in [-0.3, -0.25) is 0 Å². The molecule has 0 radical (unpaired) electrons. The van der Waals surface area contributed by atoms with Crippen molar-refractivity contribution in [3.8, 4) is 0 Å². The van der Waals surface area contributed by atoms with Crippen LogP contribution in [-0.2, 0) is 0 Å². The Morgan fingerprint density at radius 2 is 2.06 bits per heavy atom. The molecule has 0 saturated heterocycles. The van der Waals surface area contributed by atoms with Gasteiger partial charge >= 0.3 is 0 Å². The Morgan fingerprint density at radius 3 is 2.76 bits per heavy atom. The molecule has 0 heterocycles. The van der Waals surface area contributed by atoms with E-state index in [4.69, 9.17) is 5.73 Å². The number of hydrogen-bond donors (Lipinski definition) is 2. The van der Waals surface area contributed by atoms with E-state index in [9.17, 15) is 0 Å². The van der Waals surface area contributed by atoms with Gasteiger partial charge in [-0.15, -0.1) is 0 Å². The number of aryl methyl sites for hydroxylation is 1. The Labute approximate surface area is 105 Å². The van der Waals surface area contributed by atoms with Crippen molar-refractivity contribution in [1.82, 2.24) is 0 Å². The van der Waals surface area contributed by atoms with Crippen LogP contribution in [0.2, 0.25) is 0 Å². The average molecular weight is 232 g/mol. The average Bonchev–Trinajstić information content (AvgIpc) is 2.79. The van der Waals surface area contributed by atoms with Crippen LogP contribution >= 0.6 is 0 Å². The van der Waals surface area contributed by atoms with Crippen LogP contribution in [0.15, 0.2) is 18.2 Å². The van der Waals surface area contributed by atoms with Gasteiger partial charge in [0.2, 0.25) is 0 Å². The first-order chi connectivity index (χ1) is 8.25. The van der Waals surface area contributed by atoms with Crippen LogP contribution in [0.4, 0.5) is 11.4 Å². The van der Waals surface area contributed by atoms with Crippen LogP contribution in [0.1, 0.15) is 44.1 Å². The number of nitrogens with two attached hydrogens (primary N) is 1. The number of benzene rings is 1. The number of nitrogens with one attached hydrogen (secondary N) is 1. The van der Waals surface area contributed by atoms with Gasteiger partial charge in [0.15, 0.2) is 0 Å². The van der Waals surface area contributed by atoms with E-state index in [1.807, 2.05) is 6.07 Å². The van der Waals surface area contributed by atoms with Crippen molar-refractivity contribution in [3.63, 3.8) is 0 Å². The van der Waals surface area contributed by atoms with E-state index < -0.39 is 0 Å². The fourth-order valence-corrected chi connectivity index (χ4v) is 2.76. The molecular weight excluding hydrogens is 208 g/mol. The highest BCUT2D eigenvalue weighted by Gasteiger charge is 2.13. The molecule has 1 aromatic rings. The van der Waals surface area contributed by atoms with Crippen molar-refractivity contribution >= 4 is 11.4 Å². The van der Waals surface area contributed by atoms with Gasteiger partial charge in [0.25, 0.3) is 0 Å². The molecule has 17 heavy (non-hydrogen) atoms. The molecule has 2 rings (SSSR count). The summed E-state index contributed by atoms with van der Waals surface area (Å²) >= 11 is 0. The highest BCUT2D eigenvalue weighted by Crippen LogP contribution is 2.28. The Hall–Kier alpha value is -1.18. The van der Waals surface area contributed by atoms with E-state index in [1.165, 1.54) is 44.1 Å². The molecule has 0 unspecified atom stereocenters. The third-order valence-electron chi connectivity index (χ3n) is 3.79. The number of rotatable bonds is 5. The molecule has 94 valence electrons. The van der Waals surface area contributed by atoms with Gasteiger partial charge in [0.1, 0.15) is 0 Å². The van der Waals surface area contributed by atoms with Crippen LogP contribution in [-0.4, -0.2) is 6.54 Å². The SMILES string of the molecule is Cc1ccc(NCCCC2CCCC2)c(N)c1. The van der Waals surface area contributed by atoms with E-state index in [1.54, 1.807) is 0 Å². The third kappa shape index (κ3) is 3.65. The van der Waals surface area contributed by atoms with Crippen molar-refractivity contribution < 1.29 is 0 Å². The van der Waals surface area contributed by atoms with E-state index in [0.29, 0.717) is 0 Å². The quantitative estimate of drug-likeness (QED) is 0.595. The zero-order valence-electron chi connectivity index (χ0n) is 10.8. The first kappa shape index (κ1) is 12.3. The maximum Gasteiger partial charge on any atom is 0.0574 e. The summed E-state index contributed by atoms with van der Waals surface area (Å²) in [5, 5.41) is 3.44. The Balaban J connectivity index is 1.70. The van der Waals surface area contributed by atoms with Crippen molar-refractivity contribution in [2.75, 3.05) is 17.6 Å². The summed E-state index contributed by atoms with van der Waals surface area (Å²) in [7, 11) is 0. The van der Waals surface area contributed by atoms with Gasteiger partial charge < -0.3 is 11.1 Å². The molecule has 1 aliphatic rings. The summed E-state index contributed by atoms with van der Waals surface area (Å²) in [5.74, 6) is 0.993. The summed E-state index contributed by atoms with van der Waals surface area (Å²) in [4.78, 5) is 0. The van der Waals surface area contributed by atoms with Gasteiger partial charge in [0.05, 0.1) is 11.4 Å². The van der Waals surface area contributed by atoms with Gasteiger partial charge in [-0.25, -0.2) is 0 Å². The van der Waals surface area contributed by atoms with Crippen LogP contribution < -0.4 is 11.1 Å². The first-order valence-corrected chi connectivity index (χ1v) is 6.86. The summed E-state index contributed by atoms with van der Waals surface area (Å²) in [5.41, 5.74) is 9.14. The summed E-state index contributed by atoms with van der Waals surface area (Å²) in [6.45, 7) is 3.12. The molecule has 2 heteroatoms. The molecular formula is C15H24N2. The molecule has 0 aliphatic heterocycles. The molecule has 0 atom stereocenters. The topological polar surface area (TPSA) is 38.0 Å². The third-order valence-corrected chi connectivity index (χ3v) is 3.79. The largest absolute Gasteiger partial charge is 0.397 e. The van der Waals surface area contributed by atoms with Crippen LogP contribution in [0.5, 0.6) is 0 Å². The minimum atomic E-state index is 0.867. The van der Waals surface area contributed by atoms with E-state index in [-0.39, 0.29) is 0 Å². The molecule has 1 aliphatic carbocycles. The van der Waals surface area contributed by atoms with Gasteiger partial charge in [-0.05, 0) is 43.4 Å². The Kier molecular flexibility index (Phi) is 4.29. The zero-order chi connectivity index (χ0) is 12.1. The maximum atomic E-state index is 5.96. The van der Waals surface area contributed by atoms with Crippen molar-refractivity contribution in [2.45, 2.75) is 45.4 Å². The molecule has 0 aromatic heterocycles. The molecule has 1 saturated carbocycles. The Morgan fingerprint density at radius 1 is 1.29 bits per heavy atom. The minimum Gasteiger partial charge on any atom is -0.397 e. The fourth-order valence-electron chi connectivity index (χ4n) is 2.76.